The van der Waals surface area contributed by atoms with E-state index in [1.165, 1.54) is 31.2 Å². The number of benzene rings is 1. The molecule has 0 aliphatic heterocycles. The van der Waals surface area contributed by atoms with Crippen LogP contribution in [0.2, 0.25) is 0 Å². The minimum atomic E-state index is -4.86. The van der Waals surface area contributed by atoms with Gasteiger partial charge in [0.05, 0.1) is 11.1 Å². The maximum Gasteiger partial charge on any atom is 0.416 e. The van der Waals surface area contributed by atoms with Gasteiger partial charge in [-0.05, 0) is 72.9 Å². The first-order valence-corrected chi connectivity index (χ1v) is 12.7. The molecule has 1 aromatic heterocycles. The molecule has 1 saturated carbocycles. The molecule has 1 aromatic carbocycles. The molecule has 0 bridgehead atoms. The Kier molecular flexibility index (Phi) is 8.29. The number of nitrogens with one attached hydrogen (secondary N) is 1. The summed E-state index contributed by atoms with van der Waals surface area (Å²) in [7, 11) is 0. The fourth-order valence-electron chi connectivity index (χ4n) is 5.62. The molecule has 9 heteroatoms. The molecule has 0 spiro atoms. The minimum absolute atomic E-state index is 0.0639. The largest absolute Gasteiger partial charge is 0.416 e. The highest BCUT2D eigenvalue weighted by Gasteiger charge is 2.37. The molecule has 1 unspecified atom stereocenters. The number of fused-ring (bicyclic) bond motifs is 1. The van der Waals surface area contributed by atoms with Crippen molar-refractivity contribution in [3.8, 4) is 0 Å². The first-order valence-electron chi connectivity index (χ1n) is 12.7. The quantitative estimate of drug-likeness (QED) is 0.377. The van der Waals surface area contributed by atoms with Crippen LogP contribution >= 0.6 is 0 Å². The van der Waals surface area contributed by atoms with Gasteiger partial charge >= 0.3 is 12.4 Å². The molecule has 0 radical (unpaired) electrons. The summed E-state index contributed by atoms with van der Waals surface area (Å²) in [6.45, 7) is 0.631. The second-order valence-electron chi connectivity index (χ2n) is 10.2. The van der Waals surface area contributed by atoms with Crippen molar-refractivity contribution in [1.29, 1.82) is 0 Å². The van der Waals surface area contributed by atoms with E-state index < -0.39 is 23.5 Å². The number of halogens is 6. The number of nitrogens with zero attached hydrogens (tertiary/aromatic N) is 1. The molecule has 198 valence electrons. The molecule has 2 aliphatic carbocycles. The zero-order valence-electron chi connectivity index (χ0n) is 20.2. The molecule has 0 amide bonds. The maximum atomic E-state index is 13.2. The smallest absolute Gasteiger partial charge is 0.330 e. The summed E-state index contributed by atoms with van der Waals surface area (Å²) in [5.74, 6) is 0.700. The van der Waals surface area contributed by atoms with Crippen LogP contribution in [0, 0.1) is 5.92 Å². The summed E-state index contributed by atoms with van der Waals surface area (Å²) < 4.78 is 79.3. The number of nitrogens with two attached hydrogens (primary N) is 1. The van der Waals surface area contributed by atoms with Crippen LogP contribution in [0.25, 0.3) is 0 Å². The fraction of sp³-hybridized carbons (Fsp3) is 0.593. The lowest BCUT2D eigenvalue weighted by molar-refractivity contribution is -0.143. The zero-order valence-corrected chi connectivity index (χ0v) is 20.2. The molecule has 3 N–H and O–H groups in total. The topological polar surface area (TPSA) is 50.9 Å². The molecule has 0 saturated heterocycles. The standard InChI is InChI=1S/C27H33F6N3/c28-26(29,30)22-10-18(11-23(13-22)27(31,32)33)15-35-16-21-12-19-7-3-4-8-24(19)36-25(21)20(14-34)9-17-5-1-2-6-17/h10-13,17,20,35H,1-9,14-16,34H2. The molecule has 1 heterocycles. The van der Waals surface area contributed by atoms with Gasteiger partial charge in [0.2, 0.25) is 0 Å². The lowest BCUT2D eigenvalue weighted by Gasteiger charge is -2.25. The van der Waals surface area contributed by atoms with Gasteiger partial charge < -0.3 is 11.1 Å². The molecule has 2 aliphatic rings. The van der Waals surface area contributed by atoms with Crippen LogP contribution in [0.5, 0.6) is 0 Å². The fourth-order valence-corrected chi connectivity index (χ4v) is 5.62. The average Bonchev–Trinajstić information content (AvgIpc) is 3.34. The Morgan fingerprint density at radius 3 is 2.11 bits per heavy atom. The number of hydrogen-bond donors (Lipinski definition) is 2. The number of aromatic nitrogens is 1. The van der Waals surface area contributed by atoms with E-state index in [9.17, 15) is 26.3 Å². The second-order valence-corrected chi connectivity index (χ2v) is 10.2. The minimum Gasteiger partial charge on any atom is -0.330 e. The Bertz CT molecular complexity index is 1010. The van der Waals surface area contributed by atoms with Gasteiger partial charge in [-0.3, -0.25) is 4.98 Å². The molecular formula is C27H33F6N3. The molecule has 2 aromatic rings. The van der Waals surface area contributed by atoms with Crippen molar-refractivity contribution in [3.63, 3.8) is 0 Å². The highest BCUT2D eigenvalue weighted by atomic mass is 19.4. The van der Waals surface area contributed by atoms with E-state index in [0.717, 1.165) is 61.2 Å². The van der Waals surface area contributed by atoms with Crippen molar-refractivity contribution < 1.29 is 26.3 Å². The van der Waals surface area contributed by atoms with Gasteiger partial charge in [0.1, 0.15) is 0 Å². The third-order valence-corrected chi connectivity index (χ3v) is 7.47. The van der Waals surface area contributed by atoms with E-state index >= 15 is 0 Å². The predicted octanol–water partition coefficient (Wildman–Crippen LogP) is 6.91. The summed E-state index contributed by atoms with van der Waals surface area (Å²) in [6.07, 6.45) is 0.0688. The molecule has 3 nitrogen and oxygen atoms in total. The van der Waals surface area contributed by atoms with Crippen LogP contribution in [0.4, 0.5) is 26.3 Å². The lowest BCUT2D eigenvalue weighted by atomic mass is 9.86. The number of aryl methyl sites for hydroxylation is 2. The monoisotopic (exact) mass is 513 g/mol. The highest BCUT2D eigenvalue weighted by Crippen LogP contribution is 2.37. The normalized spacial score (nSPS) is 17.9. The van der Waals surface area contributed by atoms with E-state index in [2.05, 4.69) is 11.4 Å². The first kappa shape index (κ1) is 26.9. The first-order chi connectivity index (χ1) is 17.0. The average molecular weight is 514 g/mol. The number of alkyl halides is 6. The maximum absolute atomic E-state index is 13.2. The third kappa shape index (κ3) is 6.59. The Morgan fingerprint density at radius 2 is 1.50 bits per heavy atom. The van der Waals surface area contributed by atoms with E-state index in [0.29, 0.717) is 19.0 Å². The Labute approximate surface area is 207 Å². The summed E-state index contributed by atoms with van der Waals surface area (Å²) >= 11 is 0. The van der Waals surface area contributed by atoms with Crippen LogP contribution in [0.3, 0.4) is 0 Å². The summed E-state index contributed by atoms with van der Waals surface area (Å²) in [6, 6.07) is 3.83. The van der Waals surface area contributed by atoms with E-state index in [-0.39, 0.29) is 24.1 Å². The summed E-state index contributed by atoms with van der Waals surface area (Å²) in [5.41, 5.74) is 7.66. The van der Waals surface area contributed by atoms with Crippen LogP contribution in [-0.4, -0.2) is 11.5 Å². The van der Waals surface area contributed by atoms with Crippen molar-refractivity contribution >= 4 is 0 Å². The van der Waals surface area contributed by atoms with Crippen molar-refractivity contribution in [2.75, 3.05) is 6.54 Å². The van der Waals surface area contributed by atoms with E-state index in [1.807, 2.05) is 0 Å². The number of rotatable bonds is 8. The van der Waals surface area contributed by atoms with Gasteiger partial charge in [0.25, 0.3) is 0 Å². The van der Waals surface area contributed by atoms with Gasteiger partial charge in [-0.15, -0.1) is 0 Å². The molecular weight excluding hydrogens is 480 g/mol. The molecule has 36 heavy (non-hydrogen) atoms. The van der Waals surface area contributed by atoms with Gasteiger partial charge in [-0.25, -0.2) is 0 Å². The van der Waals surface area contributed by atoms with Gasteiger partial charge in [-0.1, -0.05) is 31.7 Å². The lowest BCUT2D eigenvalue weighted by Crippen LogP contribution is -2.23. The van der Waals surface area contributed by atoms with Crippen molar-refractivity contribution in [2.45, 2.75) is 89.1 Å². The Morgan fingerprint density at radius 1 is 0.861 bits per heavy atom. The second kappa shape index (κ2) is 11.1. The Balaban J connectivity index is 1.56. The van der Waals surface area contributed by atoms with Crippen molar-refractivity contribution in [3.05, 3.63) is 63.5 Å². The van der Waals surface area contributed by atoms with Crippen molar-refractivity contribution in [2.24, 2.45) is 11.7 Å². The van der Waals surface area contributed by atoms with Crippen LogP contribution in [0.1, 0.15) is 90.1 Å². The SMILES string of the molecule is NCC(CC1CCCC1)c1nc2c(cc1CNCc1cc(C(F)(F)F)cc(C(F)(F)F)c1)CCCC2. The highest BCUT2D eigenvalue weighted by molar-refractivity contribution is 5.36. The van der Waals surface area contributed by atoms with E-state index in [1.54, 1.807) is 0 Å². The summed E-state index contributed by atoms with van der Waals surface area (Å²) in [4.78, 5) is 5.03. The van der Waals surface area contributed by atoms with Crippen LogP contribution in [0.15, 0.2) is 24.3 Å². The molecule has 4 rings (SSSR count). The summed E-state index contributed by atoms with van der Waals surface area (Å²) in [5, 5.41) is 3.08. The third-order valence-electron chi connectivity index (χ3n) is 7.47. The zero-order chi connectivity index (χ0) is 25.9. The number of hydrogen-bond acceptors (Lipinski definition) is 3. The van der Waals surface area contributed by atoms with Crippen LogP contribution in [-0.2, 0) is 38.3 Å². The Hall–Kier alpha value is -2.13. The predicted molar refractivity (Wildman–Crippen MR) is 126 cm³/mol. The van der Waals surface area contributed by atoms with Crippen LogP contribution < -0.4 is 11.1 Å². The molecule has 1 fully saturated rings. The van der Waals surface area contributed by atoms with Gasteiger partial charge in [0, 0.05) is 36.9 Å². The number of pyridine rings is 1. The molecule has 1 atom stereocenters. The van der Waals surface area contributed by atoms with Gasteiger partial charge in [0.15, 0.2) is 0 Å². The van der Waals surface area contributed by atoms with Gasteiger partial charge in [-0.2, -0.15) is 26.3 Å². The van der Waals surface area contributed by atoms with Crippen molar-refractivity contribution in [1.82, 2.24) is 10.3 Å². The van der Waals surface area contributed by atoms with E-state index in [4.69, 9.17) is 10.7 Å².